The first kappa shape index (κ1) is 15.8. The van der Waals surface area contributed by atoms with Crippen molar-refractivity contribution in [3.05, 3.63) is 63.3 Å². The van der Waals surface area contributed by atoms with Gasteiger partial charge in [-0.2, -0.15) is 0 Å². The van der Waals surface area contributed by atoms with E-state index < -0.39 is 0 Å². The minimum absolute atomic E-state index is 0.00482. The number of benzene rings is 1. The summed E-state index contributed by atoms with van der Waals surface area (Å²) in [4.78, 5) is 15.2. The summed E-state index contributed by atoms with van der Waals surface area (Å²) >= 11 is 5.06. The largest absolute Gasteiger partial charge is 0.490 e. The number of amides is 1. The monoisotopic (exact) mass is 365 g/mol. The number of carbonyl (C=O) groups excluding carboxylic acids is 1. The Morgan fingerprint density at radius 2 is 2.05 bits per heavy atom. The fraction of sp³-hybridized carbons (Fsp3) is 0.188. The van der Waals surface area contributed by atoms with Gasteiger partial charge < -0.3 is 9.64 Å². The van der Waals surface area contributed by atoms with Crippen LogP contribution in [0.25, 0.3) is 0 Å². The van der Waals surface area contributed by atoms with E-state index in [0.717, 1.165) is 14.4 Å². The third-order valence-electron chi connectivity index (χ3n) is 2.84. The van der Waals surface area contributed by atoms with Crippen LogP contribution in [0.1, 0.15) is 15.2 Å². The van der Waals surface area contributed by atoms with Crippen molar-refractivity contribution < 1.29 is 9.53 Å². The van der Waals surface area contributed by atoms with Crippen LogP contribution in [-0.2, 0) is 6.54 Å². The summed E-state index contributed by atoms with van der Waals surface area (Å²) in [5.41, 5.74) is 0.652. The lowest BCUT2D eigenvalue weighted by Gasteiger charge is -2.16. The van der Waals surface area contributed by atoms with Crippen LogP contribution < -0.4 is 4.74 Å². The zero-order chi connectivity index (χ0) is 15.2. The molecule has 3 nitrogen and oxygen atoms in total. The van der Waals surface area contributed by atoms with Gasteiger partial charge in [0.1, 0.15) is 12.4 Å². The Kier molecular flexibility index (Phi) is 5.59. The van der Waals surface area contributed by atoms with Gasteiger partial charge in [0, 0.05) is 17.5 Å². The first-order chi connectivity index (χ1) is 10.1. The lowest BCUT2D eigenvalue weighted by molar-refractivity contribution is 0.0786. The van der Waals surface area contributed by atoms with Gasteiger partial charge in [0.05, 0.1) is 10.3 Å². The van der Waals surface area contributed by atoms with Crippen LogP contribution in [0.3, 0.4) is 0 Å². The van der Waals surface area contributed by atoms with Gasteiger partial charge in [-0.25, -0.2) is 0 Å². The Hall–Kier alpha value is -1.59. The van der Waals surface area contributed by atoms with E-state index in [0.29, 0.717) is 18.7 Å². The third-order valence-corrected chi connectivity index (χ3v) is 4.45. The fourth-order valence-corrected chi connectivity index (χ4v) is 3.35. The molecule has 0 aliphatic carbocycles. The van der Waals surface area contributed by atoms with Crippen molar-refractivity contribution in [2.45, 2.75) is 6.54 Å². The summed E-state index contributed by atoms with van der Waals surface area (Å²) in [7, 11) is 1.80. The number of hydrogen-bond acceptors (Lipinski definition) is 3. The molecule has 0 radical (unpaired) electrons. The van der Waals surface area contributed by atoms with E-state index >= 15 is 0 Å². The molecule has 0 N–H and O–H groups in total. The van der Waals surface area contributed by atoms with E-state index in [1.54, 1.807) is 53.6 Å². The first-order valence-corrected chi connectivity index (χ1v) is 8.04. The third kappa shape index (κ3) is 4.44. The van der Waals surface area contributed by atoms with Crippen LogP contribution in [-0.4, -0.2) is 24.5 Å². The zero-order valence-corrected chi connectivity index (χ0v) is 14.1. The predicted molar refractivity (Wildman–Crippen MR) is 90.0 cm³/mol. The lowest BCUT2D eigenvalue weighted by Crippen LogP contribution is -2.25. The average Bonchev–Trinajstić information content (AvgIpc) is 2.90. The highest BCUT2D eigenvalue weighted by atomic mass is 79.9. The highest BCUT2D eigenvalue weighted by molar-refractivity contribution is 9.11. The van der Waals surface area contributed by atoms with E-state index in [1.807, 2.05) is 12.1 Å². The number of halogens is 1. The van der Waals surface area contributed by atoms with Crippen molar-refractivity contribution in [3.8, 4) is 5.75 Å². The van der Waals surface area contributed by atoms with Gasteiger partial charge in [-0.05, 0) is 52.3 Å². The molecule has 0 bridgehead atoms. The molecule has 1 amide bonds. The Labute approximate surface area is 137 Å². The SMILES string of the molecule is C=CCOc1ccc(C(=O)N(C)Cc2ccc(Br)s2)cc1. The number of nitrogens with zero attached hydrogens (tertiary/aromatic N) is 1. The number of carbonyl (C=O) groups is 1. The Bertz CT molecular complexity index is 621. The van der Waals surface area contributed by atoms with Crippen LogP contribution in [0.5, 0.6) is 5.75 Å². The van der Waals surface area contributed by atoms with Gasteiger partial charge in [-0.15, -0.1) is 11.3 Å². The van der Waals surface area contributed by atoms with Gasteiger partial charge in [0.25, 0.3) is 5.91 Å². The lowest BCUT2D eigenvalue weighted by atomic mass is 10.2. The van der Waals surface area contributed by atoms with E-state index in [2.05, 4.69) is 22.5 Å². The number of ether oxygens (including phenoxy) is 1. The standard InChI is InChI=1S/C16H16BrNO2S/c1-3-10-20-13-6-4-12(5-7-13)16(19)18(2)11-14-8-9-15(17)21-14/h3-9H,1,10-11H2,2H3. The molecular weight excluding hydrogens is 350 g/mol. The van der Waals surface area contributed by atoms with Crippen molar-refractivity contribution in [3.63, 3.8) is 0 Å². The molecule has 0 aliphatic heterocycles. The predicted octanol–water partition coefficient (Wildman–Crippen LogP) is 4.35. The molecule has 2 rings (SSSR count). The summed E-state index contributed by atoms with van der Waals surface area (Å²) in [5.74, 6) is 0.728. The first-order valence-electron chi connectivity index (χ1n) is 6.43. The van der Waals surface area contributed by atoms with Crippen molar-refractivity contribution >= 4 is 33.2 Å². The Balaban J connectivity index is 1.99. The molecule has 21 heavy (non-hydrogen) atoms. The molecule has 0 saturated heterocycles. The fourth-order valence-electron chi connectivity index (χ4n) is 1.81. The van der Waals surface area contributed by atoms with Crippen molar-refractivity contribution in [2.75, 3.05) is 13.7 Å². The zero-order valence-electron chi connectivity index (χ0n) is 11.7. The molecule has 2 aromatic rings. The summed E-state index contributed by atoms with van der Waals surface area (Å²) < 4.78 is 6.47. The van der Waals surface area contributed by atoms with Crippen molar-refractivity contribution in [1.29, 1.82) is 0 Å². The molecule has 0 aliphatic rings. The molecule has 5 heteroatoms. The molecule has 0 spiro atoms. The van der Waals surface area contributed by atoms with Crippen LogP contribution in [0, 0.1) is 0 Å². The van der Waals surface area contributed by atoms with Crippen molar-refractivity contribution in [2.24, 2.45) is 0 Å². The second-order valence-electron chi connectivity index (χ2n) is 4.49. The van der Waals surface area contributed by atoms with Crippen LogP contribution >= 0.6 is 27.3 Å². The normalized spacial score (nSPS) is 10.2. The highest BCUT2D eigenvalue weighted by Crippen LogP contribution is 2.23. The molecule has 0 atom stereocenters. The highest BCUT2D eigenvalue weighted by Gasteiger charge is 2.13. The van der Waals surface area contributed by atoms with Gasteiger partial charge in [-0.3, -0.25) is 4.79 Å². The summed E-state index contributed by atoms with van der Waals surface area (Å²) in [6.45, 7) is 4.66. The molecule has 0 fully saturated rings. The van der Waals surface area contributed by atoms with E-state index in [9.17, 15) is 4.79 Å². The van der Waals surface area contributed by atoms with Gasteiger partial charge in [0.2, 0.25) is 0 Å². The summed E-state index contributed by atoms with van der Waals surface area (Å²) in [5, 5.41) is 0. The Morgan fingerprint density at radius 1 is 1.33 bits per heavy atom. The van der Waals surface area contributed by atoms with Crippen LogP contribution in [0.15, 0.2) is 52.8 Å². The molecular formula is C16H16BrNO2S. The quantitative estimate of drug-likeness (QED) is 0.712. The van der Waals surface area contributed by atoms with E-state index in [-0.39, 0.29) is 5.91 Å². The average molecular weight is 366 g/mol. The molecule has 1 heterocycles. The minimum Gasteiger partial charge on any atom is -0.490 e. The number of hydrogen-bond donors (Lipinski definition) is 0. The smallest absolute Gasteiger partial charge is 0.253 e. The number of thiophene rings is 1. The number of rotatable bonds is 6. The van der Waals surface area contributed by atoms with Gasteiger partial charge >= 0.3 is 0 Å². The molecule has 110 valence electrons. The summed E-state index contributed by atoms with van der Waals surface area (Å²) in [6, 6.07) is 11.2. The topological polar surface area (TPSA) is 29.5 Å². The Morgan fingerprint density at radius 3 is 2.62 bits per heavy atom. The second-order valence-corrected chi connectivity index (χ2v) is 7.04. The molecule has 0 saturated carbocycles. The molecule has 1 aromatic heterocycles. The van der Waals surface area contributed by atoms with Crippen molar-refractivity contribution in [1.82, 2.24) is 4.90 Å². The maximum atomic E-state index is 12.3. The summed E-state index contributed by atoms with van der Waals surface area (Å²) in [6.07, 6.45) is 1.69. The maximum Gasteiger partial charge on any atom is 0.253 e. The van der Waals surface area contributed by atoms with Gasteiger partial charge in [0.15, 0.2) is 0 Å². The van der Waals surface area contributed by atoms with Gasteiger partial charge in [-0.1, -0.05) is 12.7 Å². The van der Waals surface area contributed by atoms with E-state index in [4.69, 9.17) is 4.74 Å². The molecule has 0 unspecified atom stereocenters. The maximum absolute atomic E-state index is 12.3. The minimum atomic E-state index is -0.00482. The van der Waals surface area contributed by atoms with Crippen LogP contribution in [0.4, 0.5) is 0 Å². The second kappa shape index (κ2) is 7.43. The van der Waals surface area contributed by atoms with Crippen LogP contribution in [0.2, 0.25) is 0 Å². The van der Waals surface area contributed by atoms with E-state index in [1.165, 1.54) is 0 Å². The molecule has 1 aromatic carbocycles.